The van der Waals surface area contributed by atoms with E-state index >= 15 is 0 Å². The first-order valence-corrected chi connectivity index (χ1v) is 6.68. The molecule has 0 radical (unpaired) electrons. The van der Waals surface area contributed by atoms with Gasteiger partial charge >= 0.3 is 0 Å². The van der Waals surface area contributed by atoms with Gasteiger partial charge in [0, 0.05) is 25.7 Å². The van der Waals surface area contributed by atoms with E-state index in [2.05, 4.69) is 29.1 Å². The molecule has 0 unspecified atom stereocenters. The Hall–Kier alpha value is -1.91. The highest BCUT2D eigenvalue weighted by atomic mass is 16.5. The number of benzene rings is 1. The minimum Gasteiger partial charge on any atom is -0.481 e. The Kier molecular flexibility index (Phi) is 5.09. The lowest BCUT2D eigenvalue weighted by Crippen LogP contribution is -2.19. The second-order valence-corrected chi connectivity index (χ2v) is 4.82. The molecule has 0 atom stereocenters. The van der Waals surface area contributed by atoms with Gasteiger partial charge in [-0.25, -0.2) is 4.98 Å². The zero-order valence-electron chi connectivity index (χ0n) is 12.0. The van der Waals surface area contributed by atoms with E-state index in [0.717, 1.165) is 18.8 Å². The van der Waals surface area contributed by atoms with Crippen molar-refractivity contribution in [3.8, 4) is 5.88 Å². The minimum absolute atomic E-state index is 0.571. The highest BCUT2D eigenvalue weighted by molar-refractivity contribution is 5.26. The van der Waals surface area contributed by atoms with Crippen LogP contribution in [0.4, 0.5) is 0 Å². The van der Waals surface area contributed by atoms with Crippen LogP contribution in [0, 0.1) is 0 Å². The van der Waals surface area contributed by atoms with E-state index in [4.69, 9.17) is 10.5 Å². The Bertz CT molecular complexity index is 557. The summed E-state index contributed by atoms with van der Waals surface area (Å²) in [5.74, 6) is 0.651. The molecule has 1 aromatic heterocycles. The first-order valence-electron chi connectivity index (χ1n) is 6.68. The number of ether oxygens (including phenoxy) is 1. The van der Waals surface area contributed by atoms with Crippen molar-refractivity contribution in [3.05, 3.63) is 59.3 Å². The predicted molar refractivity (Wildman–Crippen MR) is 80.3 cm³/mol. The second kappa shape index (κ2) is 7.03. The molecule has 0 saturated heterocycles. The van der Waals surface area contributed by atoms with Gasteiger partial charge in [0.25, 0.3) is 0 Å². The second-order valence-electron chi connectivity index (χ2n) is 4.82. The maximum absolute atomic E-state index is 5.77. The van der Waals surface area contributed by atoms with Crippen molar-refractivity contribution in [1.29, 1.82) is 0 Å². The normalized spacial score (nSPS) is 10.8. The van der Waals surface area contributed by atoms with Crippen molar-refractivity contribution >= 4 is 0 Å². The summed E-state index contributed by atoms with van der Waals surface area (Å²) in [7, 11) is 3.71. The smallest absolute Gasteiger partial charge is 0.213 e. The van der Waals surface area contributed by atoms with Crippen molar-refractivity contribution in [2.45, 2.75) is 19.6 Å². The van der Waals surface area contributed by atoms with Crippen LogP contribution >= 0.6 is 0 Å². The fourth-order valence-electron chi connectivity index (χ4n) is 2.19. The number of nitrogens with two attached hydrogens (primary N) is 1. The van der Waals surface area contributed by atoms with E-state index in [1.807, 2.05) is 30.3 Å². The molecule has 2 rings (SSSR count). The van der Waals surface area contributed by atoms with Crippen molar-refractivity contribution in [1.82, 2.24) is 9.88 Å². The zero-order valence-corrected chi connectivity index (χ0v) is 12.0. The summed E-state index contributed by atoms with van der Waals surface area (Å²) >= 11 is 0. The van der Waals surface area contributed by atoms with E-state index in [1.165, 1.54) is 11.1 Å². The molecule has 20 heavy (non-hydrogen) atoms. The number of pyridine rings is 1. The van der Waals surface area contributed by atoms with E-state index in [9.17, 15) is 0 Å². The predicted octanol–water partition coefficient (Wildman–Crippen LogP) is 2.18. The van der Waals surface area contributed by atoms with Crippen LogP contribution in [0.5, 0.6) is 5.88 Å². The fourth-order valence-corrected chi connectivity index (χ4v) is 2.19. The monoisotopic (exact) mass is 271 g/mol. The van der Waals surface area contributed by atoms with E-state index in [0.29, 0.717) is 12.4 Å². The minimum atomic E-state index is 0.571. The van der Waals surface area contributed by atoms with Crippen LogP contribution in [-0.2, 0) is 19.6 Å². The lowest BCUT2D eigenvalue weighted by molar-refractivity contribution is 0.311. The molecule has 0 aliphatic rings. The molecule has 0 bridgehead atoms. The number of rotatable bonds is 6. The molecule has 4 heteroatoms. The van der Waals surface area contributed by atoms with Crippen LogP contribution < -0.4 is 10.5 Å². The summed E-state index contributed by atoms with van der Waals surface area (Å²) in [6.07, 6.45) is 0. The fraction of sp³-hybridized carbons (Fsp3) is 0.312. The molecule has 106 valence electrons. The van der Waals surface area contributed by atoms with Gasteiger partial charge in [0.15, 0.2) is 0 Å². The van der Waals surface area contributed by atoms with Gasteiger partial charge in [0.2, 0.25) is 5.88 Å². The lowest BCUT2D eigenvalue weighted by Gasteiger charge is -2.18. The third-order valence-electron chi connectivity index (χ3n) is 3.20. The molecule has 1 heterocycles. The molecule has 0 aliphatic carbocycles. The number of methoxy groups -OCH3 is 1. The Labute approximate surface area is 120 Å². The lowest BCUT2D eigenvalue weighted by atomic mass is 10.1. The van der Waals surface area contributed by atoms with Gasteiger partial charge < -0.3 is 10.5 Å². The van der Waals surface area contributed by atoms with E-state index in [-0.39, 0.29) is 0 Å². The van der Waals surface area contributed by atoms with Crippen LogP contribution in [0.3, 0.4) is 0 Å². The summed E-state index contributed by atoms with van der Waals surface area (Å²) < 4.78 is 5.15. The summed E-state index contributed by atoms with van der Waals surface area (Å²) in [6, 6.07) is 14.1. The van der Waals surface area contributed by atoms with Crippen molar-refractivity contribution in [2.75, 3.05) is 14.2 Å². The van der Waals surface area contributed by atoms with Crippen LogP contribution in [0.1, 0.15) is 16.8 Å². The first kappa shape index (κ1) is 14.5. The number of aromatic nitrogens is 1. The summed E-state index contributed by atoms with van der Waals surface area (Å²) in [6.45, 7) is 2.20. The maximum Gasteiger partial charge on any atom is 0.213 e. The van der Waals surface area contributed by atoms with Crippen molar-refractivity contribution in [2.24, 2.45) is 5.73 Å². The molecule has 0 spiro atoms. The summed E-state index contributed by atoms with van der Waals surface area (Å²) in [4.78, 5) is 6.65. The van der Waals surface area contributed by atoms with Gasteiger partial charge in [-0.1, -0.05) is 30.3 Å². The molecule has 0 saturated carbocycles. The topological polar surface area (TPSA) is 51.4 Å². The van der Waals surface area contributed by atoms with Gasteiger partial charge in [0.1, 0.15) is 0 Å². The largest absolute Gasteiger partial charge is 0.481 e. The molecule has 2 N–H and O–H groups in total. The van der Waals surface area contributed by atoms with Gasteiger partial charge in [-0.05, 0) is 24.2 Å². The highest BCUT2D eigenvalue weighted by Crippen LogP contribution is 2.13. The molecule has 2 aromatic rings. The molecular weight excluding hydrogens is 250 g/mol. The van der Waals surface area contributed by atoms with Crippen LogP contribution in [0.15, 0.2) is 42.5 Å². The van der Waals surface area contributed by atoms with Crippen LogP contribution in [-0.4, -0.2) is 24.0 Å². The third kappa shape index (κ3) is 3.79. The molecule has 1 aromatic carbocycles. The standard InChI is InChI=1S/C16H21N3O/c1-19(11-14-7-4-3-6-13(14)10-17)12-15-8-5-9-16(18-15)20-2/h3-9H,10-12,17H2,1-2H3. The van der Waals surface area contributed by atoms with Crippen molar-refractivity contribution in [3.63, 3.8) is 0 Å². The SMILES string of the molecule is COc1cccc(CN(C)Cc2ccccc2CN)n1. The Morgan fingerprint density at radius 3 is 2.50 bits per heavy atom. The molecule has 4 nitrogen and oxygen atoms in total. The van der Waals surface area contributed by atoms with E-state index < -0.39 is 0 Å². The Morgan fingerprint density at radius 2 is 1.80 bits per heavy atom. The number of hydrogen-bond donors (Lipinski definition) is 1. The molecular formula is C16H21N3O. The quantitative estimate of drug-likeness (QED) is 0.875. The average Bonchev–Trinajstić information content (AvgIpc) is 2.48. The maximum atomic E-state index is 5.77. The summed E-state index contributed by atoms with van der Waals surface area (Å²) in [5, 5.41) is 0. The van der Waals surface area contributed by atoms with Gasteiger partial charge in [-0.2, -0.15) is 0 Å². The van der Waals surface area contributed by atoms with Crippen LogP contribution in [0.25, 0.3) is 0 Å². The highest BCUT2D eigenvalue weighted by Gasteiger charge is 2.06. The van der Waals surface area contributed by atoms with Gasteiger partial charge in [-0.15, -0.1) is 0 Å². The third-order valence-corrected chi connectivity index (χ3v) is 3.20. The number of hydrogen-bond acceptors (Lipinski definition) is 4. The molecule has 0 fully saturated rings. The zero-order chi connectivity index (χ0) is 14.4. The van der Waals surface area contributed by atoms with E-state index in [1.54, 1.807) is 7.11 Å². The Morgan fingerprint density at radius 1 is 1.05 bits per heavy atom. The van der Waals surface area contributed by atoms with Gasteiger partial charge in [-0.3, -0.25) is 4.90 Å². The first-order chi connectivity index (χ1) is 9.72. The molecule has 0 amide bonds. The summed E-state index contributed by atoms with van der Waals surface area (Å²) in [5.41, 5.74) is 9.22. The van der Waals surface area contributed by atoms with Crippen molar-refractivity contribution < 1.29 is 4.74 Å². The van der Waals surface area contributed by atoms with Gasteiger partial charge in [0.05, 0.1) is 12.8 Å². The van der Waals surface area contributed by atoms with Crippen LogP contribution in [0.2, 0.25) is 0 Å². The average molecular weight is 271 g/mol. The Balaban J connectivity index is 2.03. The molecule has 0 aliphatic heterocycles. The number of nitrogens with zero attached hydrogens (tertiary/aromatic N) is 2.